The predicted octanol–water partition coefficient (Wildman–Crippen LogP) is 2.86. The van der Waals surface area contributed by atoms with Gasteiger partial charge in [0.1, 0.15) is 12.2 Å². The zero-order chi connectivity index (χ0) is 17.8. The van der Waals surface area contributed by atoms with Gasteiger partial charge in [0.25, 0.3) is 5.91 Å². The molecule has 0 radical (unpaired) electrons. The van der Waals surface area contributed by atoms with Gasteiger partial charge in [-0.15, -0.1) is 0 Å². The quantitative estimate of drug-likeness (QED) is 0.685. The van der Waals surface area contributed by atoms with Crippen LogP contribution < -0.4 is 10.6 Å². The molecule has 1 fully saturated rings. The van der Waals surface area contributed by atoms with Crippen LogP contribution in [0.4, 0.5) is 0 Å². The van der Waals surface area contributed by atoms with Gasteiger partial charge in [0.15, 0.2) is 0 Å². The van der Waals surface area contributed by atoms with Crippen LogP contribution in [-0.4, -0.2) is 29.4 Å². The first-order chi connectivity index (χ1) is 12.1. The van der Waals surface area contributed by atoms with Crippen LogP contribution in [0.2, 0.25) is 0 Å². The Morgan fingerprint density at radius 2 is 2.12 bits per heavy atom. The first kappa shape index (κ1) is 17.5. The van der Waals surface area contributed by atoms with Gasteiger partial charge >= 0.3 is 0 Å². The van der Waals surface area contributed by atoms with E-state index in [9.17, 15) is 9.59 Å². The summed E-state index contributed by atoms with van der Waals surface area (Å²) in [6, 6.07) is 9.27. The number of benzene rings is 1. The van der Waals surface area contributed by atoms with Gasteiger partial charge in [0, 0.05) is 15.9 Å². The molecule has 2 atom stereocenters. The van der Waals surface area contributed by atoms with Gasteiger partial charge in [-0.05, 0) is 40.9 Å². The van der Waals surface area contributed by atoms with Crippen molar-refractivity contribution in [1.82, 2.24) is 15.6 Å². The number of hydrogen-bond acceptors (Lipinski definition) is 3. The SMILES string of the molecule is N#CCNC(=O)C1CCCCC1NC(=O)c1cc2cccc(Br)c2[nH]1. The molecule has 1 heterocycles. The van der Waals surface area contributed by atoms with Gasteiger partial charge in [-0.3, -0.25) is 9.59 Å². The third-order valence-electron chi connectivity index (χ3n) is 4.61. The van der Waals surface area contributed by atoms with Crippen molar-refractivity contribution in [3.8, 4) is 6.07 Å². The summed E-state index contributed by atoms with van der Waals surface area (Å²) in [6.45, 7) is -0.00789. The molecule has 0 saturated heterocycles. The van der Waals surface area contributed by atoms with E-state index < -0.39 is 0 Å². The summed E-state index contributed by atoms with van der Waals surface area (Å²) in [5.74, 6) is -0.666. The highest BCUT2D eigenvalue weighted by atomic mass is 79.9. The highest BCUT2D eigenvalue weighted by Crippen LogP contribution is 2.26. The molecule has 6 nitrogen and oxygen atoms in total. The first-order valence-corrected chi connectivity index (χ1v) is 9.12. The van der Waals surface area contributed by atoms with Crippen LogP contribution in [0, 0.1) is 17.2 Å². The summed E-state index contributed by atoms with van der Waals surface area (Å²) < 4.78 is 0.899. The lowest BCUT2D eigenvalue weighted by Gasteiger charge is -2.30. The Morgan fingerprint density at radius 3 is 2.88 bits per heavy atom. The Kier molecular flexibility index (Phi) is 5.39. The molecule has 2 aromatic rings. The maximum Gasteiger partial charge on any atom is 0.267 e. The molecule has 1 aliphatic rings. The van der Waals surface area contributed by atoms with E-state index >= 15 is 0 Å². The molecule has 0 aliphatic heterocycles. The highest BCUT2D eigenvalue weighted by molar-refractivity contribution is 9.10. The molecule has 25 heavy (non-hydrogen) atoms. The van der Waals surface area contributed by atoms with E-state index in [2.05, 4.69) is 31.5 Å². The Labute approximate surface area is 154 Å². The van der Waals surface area contributed by atoms with Crippen molar-refractivity contribution in [2.24, 2.45) is 5.92 Å². The third kappa shape index (κ3) is 3.85. The molecular weight excluding hydrogens is 384 g/mol. The van der Waals surface area contributed by atoms with E-state index in [1.54, 1.807) is 0 Å². The molecule has 3 rings (SSSR count). The molecule has 2 unspecified atom stereocenters. The van der Waals surface area contributed by atoms with Crippen LogP contribution in [0.1, 0.15) is 36.2 Å². The average Bonchev–Trinajstić information content (AvgIpc) is 3.06. The number of hydrogen-bond donors (Lipinski definition) is 3. The number of rotatable bonds is 4. The van der Waals surface area contributed by atoms with Gasteiger partial charge < -0.3 is 15.6 Å². The number of para-hydroxylation sites is 1. The van der Waals surface area contributed by atoms with E-state index in [0.29, 0.717) is 5.69 Å². The van der Waals surface area contributed by atoms with Crippen LogP contribution in [0.25, 0.3) is 10.9 Å². The van der Waals surface area contributed by atoms with Crippen LogP contribution in [0.3, 0.4) is 0 Å². The highest BCUT2D eigenvalue weighted by Gasteiger charge is 2.32. The fourth-order valence-corrected chi connectivity index (χ4v) is 3.84. The number of aromatic nitrogens is 1. The number of aromatic amines is 1. The maximum atomic E-state index is 12.6. The standard InChI is InChI=1S/C18H19BrN4O2/c19-13-6-3-4-11-10-15(22-16(11)13)18(25)23-14-7-2-1-5-12(14)17(24)21-9-8-20/h3-4,6,10,12,14,22H,1-2,5,7,9H2,(H,21,24)(H,23,25). The molecule has 1 aromatic heterocycles. The minimum Gasteiger partial charge on any atom is -0.350 e. The number of fused-ring (bicyclic) bond motifs is 1. The molecular formula is C18H19BrN4O2. The molecule has 130 valence electrons. The number of halogens is 1. The topological polar surface area (TPSA) is 97.8 Å². The van der Waals surface area contributed by atoms with Crippen molar-refractivity contribution in [3.63, 3.8) is 0 Å². The molecule has 1 aromatic carbocycles. The molecule has 0 bridgehead atoms. The van der Waals surface area contributed by atoms with Gasteiger partial charge in [0.2, 0.25) is 5.91 Å². The van der Waals surface area contributed by atoms with E-state index in [1.165, 1.54) is 0 Å². The smallest absolute Gasteiger partial charge is 0.267 e. The molecule has 3 N–H and O–H groups in total. The largest absolute Gasteiger partial charge is 0.350 e. The van der Waals surface area contributed by atoms with Crippen molar-refractivity contribution in [2.75, 3.05) is 6.54 Å². The predicted molar refractivity (Wildman–Crippen MR) is 97.8 cm³/mol. The van der Waals surface area contributed by atoms with Crippen LogP contribution in [-0.2, 0) is 4.79 Å². The van der Waals surface area contributed by atoms with E-state index in [4.69, 9.17) is 5.26 Å². The number of nitrogens with zero attached hydrogens (tertiary/aromatic N) is 1. The van der Waals surface area contributed by atoms with Crippen molar-refractivity contribution in [2.45, 2.75) is 31.7 Å². The zero-order valence-corrected chi connectivity index (χ0v) is 15.2. The molecule has 0 spiro atoms. The lowest BCUT2D eigenvalue weighted by atomic mass is 9.83. The molecule has 1 aliphatic carbocycles. The minimum absolute atomic E-state index is 0.00789. The summed E-state index contributed by atoms with van der Waals surface area (Å²) in [5.41, 5.74) is 1.35. The normalized spacial score (nSPS) is 20.0. The summed E-state index contributed by atoms with van der Waals surface area (Å²) in [6.07, 6.45) is 3.42. The zero-order valence-electron chi connectivity index (χ0n) is 13.6. The third-order valence-corrected chi connectivity index (χ3v) is 5.27. The lowest BCUT2D eigenvalue weighted by Crippen LogP contribution is -2.48. The van der Waals surface area contributed by atoms with Crippen LogP contribution in [0.15, 0.2) is 28.7 Å². The molecule has 7 heteroatoms. The van der Waals surface area contributed by atoms with E-state index in [1.807, 2.05) is 30.3 Å². The number of carbonyl (C=O) groups excluding carboxylic acids is 2. The van der Waals surface area contributed by atoms with Crippen molar-refractivity contribution >= 4 is 38.6 Å². The fourth-order valence-electron chi connectivity index (χ4n) is 3.36. The first-order valence-electron chi connectivity index (χ1n) is 8.33. The summed E-state index contributed by atoms with van der Waals surface area (Å²) >= 11 is 3.47. The van der Waals surface area contributed by atoms with Gasteiger partial charge in [-0.25, -0.2) is 0 Å². The van der Waals surface area contributed by atoms with Crippen molar-refractivity contribution in [1.29, 1.82) is 5.26 Å². The number of H-pyrrole nitrogens is 1. The van der Waals surface area contributed by atoms with Crippen molar-refractivity contribution in [3.05, 3.63) is 34.4 Å². The maximum absolute atomic E-state index is 12.6. The monoisotopic (exact) mass is 402 g/mol. The van der Waals surface area contributed by atoms with E-state index in [0.717, 1.165) is 41.1 Å². The van der Waals surface area contributed by atoms with Gasteiger partial charge in [-0.1, -0.05) is 25.0 Å². The van der Waals surface area contributed by atoms with E-state index in [-0.39, 0.29) is 30.3 Å². The molecule has 1 saturated carbocycles. The van der Waals surface area contributed by atoms with Crippen LogP contribution in [0.5, 0.6) is 0 Å². The second kappa shape index (κ2) is 7.70. The average molecular weight is 403 g/mol. The number of nitriles is 1. The van der Waals surface area contributed by atoms with Gasteiger partial charge in [0.05, 0.1) is 17.5 Å². The number of amides is 2. The Balaban J connectivity index is 1.74. The Morgan fingerprint density at radius 1 is 1.32 bits per heavy atom. The number of carbonyl (C=O) groups is 2. The Hall–Kier alpha value is -2.33. The van der Waals surface area contributed by atoms with Crippen LogP contribution >= 0.6 is 15.9 Å². The second-order valence-corrected chi connectivity index (χ2v) is 7.09. The summed E-state index contributed by atoms with van der Waals surface area (Å²) in [7, 11) is 0. The second-order valence-electron chi connectivity index (χ2n) is 6.23. The molecule has 2 amide bonds. The van der Waals surface area contributed by atoms with Gasteiger partial charge in [-0.2, -0.15) is 5.26 Å². The lowest BCUT2D eigenvalue weighted by molar-refractivity contribution is -0.126. The summed E-state index contributed by atoms with van der Waals surface area (Å²) in [5, 5.41) is 15.2. The Bertz CT molecular complexity index is 839. The number of nitrogens with one attached hydrogen (secondary N) is 3. The van der Waals surface area contributed by atoms with Crippen molar-refractivity contribution < 1.29 is 9.59 Å². The fraction of sp³-hybridized carbons (Fsp3) is 0.389. The minimum atomic E-state index is -0.290. The summed E-state index contributed by atoms with van der Waals surface area (Å²) in [4.78, 5) is 28.0.